The number of anilines is 6. The fraction of sp³-hybridized carbons (Fsp3) is 0.250. The number of nitrogens with zero attached hydrogens (tertiary/aromatic N) is 6. The molecule has 0 atom stereocenters. The van der Waals surface area contributed by atoms with E-state index in [0.717, 1.165) is 0 Å². The molecule has 0 aliphatic rings. The SMILES string of the molecule is O=S(=O)([O-])CCNc1nc(Cl)nc(Nc2ccc(Nc3nc(Cl)nc(NCCS(=O)(=O)[O-])n3)cc2)n1.[Na+].[Na+]. The molecule has 0 aliphatic carbocycles. The molecule has 0 unspecified atom stereocenters. The van der Waals surface area contributed by atoms with Gasteiger partial charge < -0.3 is 30.4 Å². The van der Waals surface area contributed by atoms with Crippen molar-refractivity contribution >= 4 is 78.6 Å². The molecule has 3 rings (SSSR count). The summed E-state index contributed by atoms with van der Waals surface area (Å²) in [6.45, 7) is -0.413. The van der Waals surface area contributed by atoms with Gasteiger partial charge in [-0.15, -0.1) is 0 Å². The van der Waals surface area contributed by atoms with E-state index < -0.39 is 31.7 Å². The van der Waals surface area contributed by atoms with Gasteiger partial charge in [0.2, 0.25) is 34.4 Å². The predicted octanol–water partition coefficient (Wildman–Crippen LogP) is -5.23. The number of nitrogens with one attached hydrogen (secondary N) is 4. The summed E-state index contributed by atoms with van der Waals surface area (Å²) in [6.07, 6.45) is 0. The maximum absolute atomic E-state index is 10.7. The summed E-state index contributed by atoms with van der Waals surface area (Å²) in [7, 11) is -8.80. The first-order valence-corrected chi connectivity index (χ1v) is 13.6. The summed E-state index contributed by atoms with van der Waals surface area (Å²) in [4.78, 5) is 23.6. The average Bonchev–Trinajstić information content (AvgIpc) is 2.72. The van der Waals surface area contributed by atoms with Gasteiger partial charge in [-0.05, 0) is 47.5 Å². The van der Waals surface area contributed by atoms with E-state index in [1.807, 2.05) is 0 Å². The second-order valence-corrected chi connectivity index (χ2v) is 10.4. The van der Waals surface area contributed by atoms with Crippen LogP contribution in [-0.2, 0) is 20.2 Å². The molecule has 0 saturated heterocycles. The summed E-state index contributed by atoms with van der Waals surface area (Å²) in [6, 6.07) is 6.60. The number of benzene rings is 1. The van der Waals surface area contributed by atoms with E-state index in [1.54, 1.807) is 24.3 Å². The fourth-order valence-corrected chi connectivity index (χ4v) is 3.47. The molecule has 0 amide bonds. The molecule has 0 aliphatic heterocycles. The number of aromatic nitrogens is 6. The molecule has 1 aromatic carbocycles. The van der Waals surface area contributed by atoms with E-state index in [9.17, 15) is 25.9 Å². The maximum atomic E-state index is 10.7. The van der Waals surface area contributed by atoms with Crippen LogP contribution in [0.4, 0.5) is 35.2 Å². The van der Waals surface area contributed by atoms with Crippen molar-refractivity contribution in [1.82, 2.24) is 29.9 Å². The Labute approximate surface area is 271 Å². The summed E-state index contributed by atoms with van der Waals surface area (Å²) >= 11 is 11.7. The van der Waals surface area contributed by atoms with Crippen molar-refractivity contribution in [3.8, 4) is 0 Å². The van der Waals surface area contributed by atoms with Crippen LogP contribution in [0.2, 0.25) is 10.6 Å². The van der Waals surface area contributed by atoms with Crippen molar-refractivity contribution in [2.45, 2.75) is 0 Å². The van der Waals surface area contributed by atoms with Gasteiger partial charge in [0.05, 0.1) is 31.7 Å². The van der Waals surface area contributed by atoms with Crippen molar-refractivity contribution < 1.29 is 85.1 Å². The van der Waals surface area contributed by atoms with Crippen molar-refractivity contribution in [3.63, 3.8) is 0 Å². The maximum Gasteiger partial charge on any atom is 1.00 e. The number of hydrogen-bond acceptors (Lipinski definition) is 16. The van der Waals surface area contributed by atoms with Crippen LogP contribution in [-0.4, -0.2) is 80.4 Å². The second-order valence-electron chi connectivity index (χ2n) is 6.71. The van der Waals surface area contributed by atoms with Gasteiger partial charge in [0.25, 0.3) is 0 Å². The van der Waals surface area contributed by atoms with E-state index in [4.69, 9.17) is 23.2 Å². The van der Waals surface area contributed by atoms with Crippen LogP contribution in [0.25, 0.3) is 0 Å². The van der Waals surface area contributed by atoms with Crippen molar-refractivity contribution in [2.75, 3.05) is 45.9 Å². The molecule has 194 valence electrons. The Kier molecular flexibility index (Phi) is 14.3. The monoisotopic (exact) mass is 624 g/mol. The molecule has 2 heterocycles. The molecule has 4 N–H and O–H groups in total. The normalized spacial score (nSPS) is 11.1. The van der Waals surface area contributed by atoms with E-state index >= 15 is 0 Å². The van der Waals surface area contributed by atoms with Crippen LogP contribution in [0.5, 0.6) is 0 Å². The van der Waals surface area contributed by atoms with E-state index in [-0.39, 0.29) is 107 Å². The molecular weight excluding hydrogens is 609 g/mol. The minimum Gasteiger partial charge on any atom is -0.748 e. The standard InChI is InChI=1S/C16H18Cl2N10O6S2.2Na/c17-11-23-13(19-5-7-35(29,30)31)27-15(25-11)21-9-1-2-10(4-3-9)22-16-26-12(18)24-14(28-16)20-6-8-36(32,33)34;;/h1-4H,5-8H2,(H,29,30,31)(H,32,33,34)(H2,19,21,23,25,27)(H2,20,22,24,26,28);;/q;2*+1/p-2. The average molecular weight is 625 g/mol. The molecule has 2 aromatic heterocycles. The first kappa shape index (κ1) is 34.9. The minimum atomic E-state index is -4.40. The van der Waals surface area contributed by atoms with Gasteiger partial charge >= 0.3 is 59.1 Å². The van der Waals surface area contributed by atoms with E-state index in [0.29, 0.717) is 11.4 Å². The fourth-order valence-electron chi connectivity index (χ4n) is 2.44. The van der Waals surface area contributed by atoms with Crippen molar-refractivity contribution in [1.29, 1.82) is 0 Å². The molecule has 0 saturated carbocycles. The van der Waals surface area contributed by atoms with Crippen LogP contribution >= 0.6 is 23.2 Å². The quantitative estimate of drug-likeness (QED) is 0.109. The third-order valence-corrected chi connectivity index (χ3v) is 5.63. The first-order valence-electron chi connectivity index (χ1n) is 9.67. The van der Waals surface area contributed by atoms with Gasteiger partial charge in [0.1, 0.15) is 0 Å². The zero-order chi connectivity index (χ0) is 26.3. The summed E-state index contributed by atoms with van der Waals surface area (Å²) in [5.74, 6) is -1.24. The summed E-state index contributed by atoms with van der Waals surface area (Å²) in [5.41, 5.74) is 1.09. The van der Waals surface area contributed by atoms with Crippen LogP contribution in [0.3, 0.4) is 0 Å². The summed E-state index contributed by atoms with van der Waals surface area (Å²) in [5, 5.41) is 10.6. The van der Waals surface area contributed by atoms with Crippen molar-refractivity contribution in [3.05, 3.63) is 34.8 Å². The number of halogens is 2. The van der Waals surface area contributed by atoms with E-state index in [1.165, 1.54) is 0 Å². The largest absolute Gasteiger partial charge is 1.00 e. The topological polar surface area (TPSA) is 240 Å². The van der Waals surface area contributed by atoms with Gasteiger partial charge in [-0.2, -0.15) is 29.9 Å². The predicted molar refractivity (Wildman–Crippen MR) is 129 cm³/mol. The minimum absolute atomic E-state index is 0. The summed E-state index contributed by atoms with van der Waals surface area (Å²) < 4.78 is 64.2. The molecule has 0 fully saturated rings. The van der Waals surface area contributed by atoms with Gasteiger partial charge in [-0.25, -0.2) is 16.8 Å². The zero-order valence-corrected chi connectivity index (χ0v) is 27.0. The van der Waals surface area contributed by atoms with Crippen molar-refractivity contribution in [2.24, 2.45) is 0 Å². The Balaban J connectivity index is 0.00000361. The Morgan fingerprint density at radius 3 is 1.24 bits per heavy atom. The molecule has 22 heteroatoms. The van der Waals surface area contributed by atoms with Gasteiger partial charge in [0.15, 0.2) is 0 Å². The Morgan fingerprint density at radius 1 is 0.605 bits per heavy atom. The Bertz CT molecular complexity index is 1330. The van der Waals surface area contributed by atoms with Gasteiger partial charge in [-0.3, -0.25) is 0 Å². The third-order valence-electron chi connectivity index (χ3n) is 3.88. The zero-order valence-electron chi connectivity index (χ0n) is 19.8. The molecule has 0 spiro atoms. The molecule has 16 nitrogen and oxygen atoms in total. The van der Waals surface area contributed by atoms with Crippen LogP contribution < -0.4 is 80.4 Å². The smallest absolute Gasteiger partial charge is 0.748 e. The third kappa shape index (κ3) is 13.3. The van der Waals surface area contributed by atoms with Crippen LogP contribution in [0.15, 0.2) is 24.3 Å². The molecule has 3 aromatic rings. The van der Waals surface area contributed by atoms with Gasteiger partial charge in [0, 0.05) is 24.5 Å². The molecule has 0 bridgehead atoms. The molecular formula is C16H16Cl2N10Na2O6S2. The first-order chi connectivity index (χ1) is 16.8. The second kappa shape index (κ2) is 15.6. The Hall–Kier alpha value is -1.16. The van der Waals surface area contributed by atoms with Crippen LogP contribution in [0.1, 0.15) is 0 Å². The molecule has 0 radical (unpaired) electrons. The van der Waals surface area contributed by atoms with E-state index in [2.05, 4.69) is 51.2 Å². The molecule has 38 heavy (non-hydrogen) atoms. The Morgan fingerprint density at radius 2 is 0.921 bits per heavy atom. The van der Waals surface area contributed by atoms with Gasteiger partial charge in [-0.1, -0.05) is 0 Å². The number of rotatable bonds is 12. The number of hydrogen-bond donors (Lipinski definition) is 4. The van der Waals surface area contributed by atoms with Crippen LogP contribution in [0, 0.1) is 0 Å².